The summed E-state index contributed by atoms with van der Waals surface area (Å²) in [5.74, 6) is 2.62. The van der Waals surface area contributed by atoms with Gasteiger partial charge < -0.3 is 37.5 Å². The van der Waals surface area contributed by atoms with Crippen LogP contribution in [-0.2, 0) is 17.4 Å². The zero-order valence-corrected chi connectivity index (χ0v) is 12.9. The summed E-state index contributed by atoms with van der Waals surface area (Å²) >= 11 is 0. The van der Waals surface area contributed by atoms with Gasteiger partial charge in [-0.2, -0.15) is 0 Å². The molecular weight excluding hydrogens is 292 g/mol. The van der Waals surface area contributed by atoms with Gasteiger partial charge in [0, 0.05) is 17.4 Å². The number of fused-ring (bicyclic) bond motifs is 2. The second-order valence-corrected chi connectivity index (χ2v) is 4.69. The summed E-state index contributed by atoms with van der Waals surface area (Å²) in [6, 6.07) is 16.7. The maximum atomic E-state index is 2.12. The summed E-state index contributed by atoms with van der Waals surface area (Å²) in [4.78, 5) is 0. The molecule has 2 aliphatic carbocycles. The molecule has 0 aliphatic heterocycles. The monoisotopic (exact) mass is 308 g/mol. The van der Waals surface area contributed by atoms with Gasteiger partial charge in [0.2, 0.25) is 0 Å². The SMILES string of the molecule is C1=C[C-]2[CH-][CH-][CH-][CH-][C-]2C=C1.[Cr].c1ccc2ccccc2c1. The van der Waals surface area contributed by atoms with Crippen LogP contribution in [0.3, 0.4) is 0 Å². The number of hydrogen-bond acceptors (Lipinski definition) is 0. The van der Waals surface area contributed by atoms with E-state index in [1.165, 1.54) is 22.6 Å². The van der Waals surface area contributed by atoms with E-state index in [1.807, 2.05) is 0 Å². The van der Waals surface area contributed by atoms with Gasteiger partial charge in [-0.15, -0.1) is 0 Å². The fourth-order valence-corrected chi connectivity index (χ4v) is 2.27. The third-order valence-corrected chi connectivity index (χ3v) is 3.32. The molecule has 2 aromatic rings. The summed E-state index contributed by atoms with van der Waals surface area (Å²) in [5, 5.41) is 2.62. The second-order valence-electron chi connectivity index (χ2n) is 4.69. The van der Waals surface area contributed by atoms with E-state index in [2.05, 4.69) is 98.5 Å². The first-order chi connectivity index (χ1) is 9.93. The maximum absolute atomic E-state index is 2.12. The van der Waals surface area contributed by atoms with Crippen LogP contribution < -0.4 is 0 Å². The molecule has 2 aromatic carbocycles. The molecule has 0 atom stereocenters. The molecule has 4 rings (SSSR count). The maximum Gasteiger partial charge on any atom is 0 e. The third kappa shape index (κ3) is 4.21. The van der Waals surface area contributed by atoms with Crippen molar-refractivity contribution in [2.45, 2.75) is 0 Å². The van der Waals surface area contributed by atoms with Gasteiger partial charge in [-0.3, -0.25) is 24.3 Å². The van der Waals surface area contributed by atoms with Crippen molar-refractivity contribution in [1.29, 1.82) is 0 Å². The predicted octanol–water partition coefficient (Wildman–Crippen LogP) is 4.93. The van der Waals surface area contributed by atoms with Crippen LogP contribution in [0.1, 0.15) is 0 Å². The minimum atomic E-state index is 0. The molecule has 2 aliphatic rings. The van der Waals surface area contributed by atoms with Gasteiger partial charge in [0.05, 0.1) is 0 Å². The van der Waals surface area contributed by atoms with Crippen molar-refractivity contribution in [2.24, 2.45) is 0 Å². The average Bonchev–Trinajstić information content (AvgIpc) is 2.56. The van der Waals surface area contributed by atoms with Gasteiger partial charge in [0.25, 0.3) is 0 Å². The Kier molecular flexibility index (Phi) is 6.06. The van der Waals surface area contributed by atoms with Gasteiger partial charge in [-0.25, -0.2) is 0 Å². The van der Waals surface area contributed by atoms with Crippen LogP contribution in [0.5, 0.6) is 0 Å². The zero-order chi connectivity index (χ0) is 13.6. The van der Waals surface area contributed by atoms with E-state index in [-0.39, 0.29) is 17.4 Å². The van der Waals surface area contributed by atoms with E-state index in [0.717, 1.165) is 0 Å². The zero-order valence-electron chi connectivity index (χ0n) is 11.6. The van der Waals surface area contributed by atoms with Crippen molar-refractivity contribution in [3.8, 4) is 0 Å². The Morgan fingerprint density at radius 3 is 1.38 bits per heavy atom. The fraction of sp³-hybridized carbons (Fsp3) is 0. The van der Waals surface area contributed by atoms with Crippen LogP contribution in [0.15, 0.2) is 72.8 Å². The van der Waals surface area contributed by atoms with Crippen LogP contribution in [0, 0.1) is 37.5 Å². The Hall–Kier alpha value is -1.55. The topological polar surface area (TPSA) is 0 Å². The Morgan fingerprint density at radius 1 is 0.619 bits per heavy atom. The smallest absolute Gasteiger partial charge is 0 e. The van der Waals surface area contributed by atoms with Crippen molar-refractivity contribution in [3.05, 3.63) is 110 Å². The van der Waals surface area contributed by atoms with E-state index >= 15 is 0 Å². The molecule has 0 radical (unpaired) electrons. The normalized spacial score (nSPS) is 15.8. The minimum absolute atomic E-state index is 0. The molecule has 0 amide bonds. The van der Waals surface area contributed by atoms with Crippen LogP contribution in [0.2, 0.25) is 0 Å². The van der Waals surface area contributed by atoms with Crippen molar-refractivity contribution >= 4 is 10.8 Å². The molecule has 0 saturated heterocycles. The number of hydrogen-bond donors (Lipinski definition) is 0. The van der Waals surface area contributed by atoms with E-state index < -0.39 is 0 Å². The van der Waals surface area contributed by atoms with Gasteiger partial charge >= 0.3 is 0 Å². The van der Waals surface area contributed by atoms with E-state index in [9.17, 15) is 0 Å². The van der Waals surface area contributed by atoms with Gasteiger partial charge in [0.15, 0.2) is 0 Å². The third-order valence-electron chi connectivity index (χ3n) is 3.32. The van der Waals surface area contributed by atoms with E-state index in [1.54, 1.807) is 0 Å². The molecular formula is C20H16Cr-6. The first-order valence-corrected chi connectivity index (χ1v) is 6.81. The van der Waals surface area contributed by atoms with Crippen LogP contribution in [-0.4, -0.2) is 0 Å². The van der Waals surface area contributed by atoms with Crippen molar-refractivity contribution in [1.82, 2.24) is 0 Å². The summed E-state index contributed by atoms with van der Waals surface area (Å²) in [6.45, 7) is 0. The Bertz CT molecular complexity index is 527. The Balaban J connectivity index is 0.000000147. The molecule has 0 spiro atoms. The quantitative estimate of drug-likeness (QED) is 0.605. The summed E-state index contributed by atoms with van der Waals surface area (Å²) in [6.07, 6.45) is 16.7. The van der Waals surface area contributed by atoms with Crippen LogP contribution in [0.25, 0.3) is 10.8 Å². The van der Waals surface area contributed by atoms with Crippen LogP contribution >= 0.6 is 0 Å². The molecule has 0 unspecified atom stereocenters. The molecule has 0 nitrogen and oxygen atoms in total. The number of benzene rings is 2. The molecule has 0 aromatic heterocycles. The Labute approximate surface area is 138 Å². The van der Waals surface area contributed by atoms with E-state index in [4.69, 9.17) is 0 Å². The first-order valence-electron chi connectivity index (χ1n) is 6.81. The minimum Gasteiger partial charge on any atom is -0.709 e. The predicted molar refractivity (Wildman–Crippen MR) is 85.9 cm³/mol. The van der Waals surface area contributed by atoms with Crippen molar-refractivity contribution in [3.63, 3.8) is 0 Å². The van der Waals surface area contributed by atoms with Gasteiger partial charge in [-0.05, 0) is 10.8 Å². The molecule has 21 heavy (non-hydrogen) atoms. The number of allylic oxidation sites excluding steroid dienone is 4. The van der Waals surface area contributed by atoms with Crippen LogP contribution in [0.4, 0.5) is 0 Å². The molecule has 0 bridgehead atoms. The summed E-state index contributed by atoms with van der Waals surface area (Å²) < 4.78 is 0. The first kappa shape index (κ1) is 15.8. The molecule has 108 valence electrons. The second kappa shape index (κ2) is 8.03. The summed E-state index contributed by atoms with van der Waals surface area (Å²) in [7, 11) is 0. The molecule has 1 fully saturated rings. The summed E-state index contributed by atoms with van der Waals surface area (Å²) in [5.41, 5.74) is 0. The largest absolute Gasteiger partial charge is 0.709 e. The fourth-order valence-electron chi connectivity index (χ4n) is 2.27. The average molecular weight is 308 g/mol. The van der Waals surface area contributed by atoms with Gasteiger partial charge in [-0.1, -0.05) is 48.5 Å². The van der Waals surface area contributed by atoms with Crippen molar-refractivity contribution < 1.29 is 17.4 Å². The van der Waals surface area contributed by atoms with E-state index in [0.29, 0.717) is 0 Å². The van der Waals surface area contributed by atoms with Crippen molar-refractivity contribution in [2.75, 3.05) is 0 Å². The van der Waals surface area contributed by atoms with Gasteiger partial charge in [0.1, 0.15) is 0 Å². The molecule has 1 heteroatoms. The number of rotatable bonds is 0. The molecule has 0 heterocycles. The Morgan fingerprint density at radius 2 is 1.00 bits per heavy atom. The molecule has 1 saturated carbocycles. The molecule has 0 N–H and O–H groups in total. The standard InChI is InChI=1S/2C10H8.Cr/c2*1-2-6-10-8-4-3-7-9(10)5-1;/h2*1-8H;/q;-6;.